The highest BCUT2D eigenvalue weighted by atomic mass is 35.5. The van der Waals surface area contributed by atoms with E-state index in [0.29, 0.717) is 27.2 Å². The van der Waals surface area contributed by atoms with Gasteiger partial charge in [-0.2, -0.15) is 0 Å². The molecule has 0 atom stereocenters. The summed E-state index contributed by atoms with van der Waals surface area (Å²) in [5.74, 6) is 6.04. The van der Waals surface area contributed by atoms with Crippen LogP contribution in [0.15, 0.2) is 76.4 Å². The molecule has 0 amide bonds. The Morgan fingerprint density at radius 2 is 1.68 bits per heavy atom. The first-order valence-electron chi connectivity index (χ1n) is 8.55. The second kappa shape index (κ2) is 7.55. The van der Waals surface area contributed by atoms with Crippen molar-refractivity contribution in [2.45, 2.75) is 6.54 Å². The molecule has 2 aromatic carbocycles. The van der Waals surface area contributed by atoms with Crippen LogP contribution in [0.1, 0.15) is 16.8 Å². The van der Waals surface area contributed by atoms with Crippen molar-refractivity contribution in [3.63, 3.8) is 0 Å². The molecule has 2 aromatic heterocycles. The fourth-order valence-electron chi connectivity index (χ4n) is 2.81. The van der Waals surface area contributed by atoms with Gasteiger partial charge < -0.3 is 4.98 Å². The van der Waals surface area contributed by atoms with Gasteiger partial charge in [-0.05, 0) is 30.3 Å². The van der Waals surface area contributed by atoms with Crippen molar-refractivity contribution in [2.24, 2.45) is 0 Å². The second-order valence-corrected chi connectivity index (χ2v) is 6.54. The van der Waals surface area contributed by atoms with Crippen molar-refractivity contribution in [2.75, 3.05) is 0 Å². The molecule has 0 bridgehead atoms. The number of fused-ring (bicyclic) bond motifs is 1. The number of rotatable bonds is 2. The van der Waals surface area contributed by atoms with Crippen LogP contribution < -0.4 is 11.2 Å². The number of aromatic amines is 1. The summed E-state index contributed by atoms with van der Waals surface area (Å²) in [4.78, 5) is 32.0. The van der Waals surface area contributed by atoms with Crippen LogP contribution in [0.2, 0.25) is 5.02 Å². The highest BCUT2D eigenvalue weighted by Gasteiger charge is 2.11. The molecule has 2 heterocycles. The van der Waals surface area contributed by atoms with Gasteiger partial charge in [-0.15, -0.1) is 0 Å². The molecule has 28 heavy (non-hydrogen) atoms. The number of aromatic nitrogens is 3. The van der Waals surface area contributed by atoms with Crippen LogP contribution in [-0.4, -0.2) is 14.5 Å². The van der Waals surface area contributed by atoms with Gasteiger partial charge in [0.25, 0.3) is 5.56 Å². The Hall–Kier alpha value is -3.62. The zero-order valence-corrected chi connectivity index (χ0v) is 15.4. The smallest absolute Gasteiger partial charge is 0.307 e. The molecule has 0 fully saturated rings. The lowest BCUT2D eigenvalue weighted by Gasteiger charge is -2.07. The molecule has 6 heteroatoms. The Labute approximate surface area is 165 Å². The molecule has 1 N–H and O–H groups in total. The van der Waals surface area contributed by atoms with Gasteiger partial charge in [0.2, 0.25) is 0 Å². The van der Waals surface area contributed by atoms with E-state index < -0.39 is 5.69 Å². The van der Waals surface area contributed by atoms with E-state index in [1.54, 1.807) is 36.5 Å². The quantitative estimate of drug-likeness (QED) is 0.537. The number of H-pyrrole nitrogens is 1. The van der Waals surface area contributed by atoms with E-state index in [0.717, 1.165) is 10.1 Å². The highest BCUT2D eigenvalue weighted by Crippen LogP contribution is 2.15. The van der Waals surface area contributed by atoms with Gasteiger partial charge in [-0.25, -0.2) is 4.79 Å². The summed E-state index contributed by atoms with van der Waals surface area (Å²) in [5.41, 5.74) is 1.57. The first kappa shape index (κ1) is 17.8. The van der Waals surface area contributed by atoms with Crippen molar-refractivity contribution < 1.29 is 0 Å². The molecule has 0 saturated carbocycles. The van der Waals surface area contributed by atoms with Crippen LogP contribution in [0.4, 0.5) is 0 Å². The third-order valence-corrected chi connectivity index (χ3v) is 4.57. The van der Waals surface area contributed by atoms with Crippen LogP contribution in [0.25, 0.3) is 10.9 Å². The number of benzene rings is 2. The van der Waals surface area contributed by atoms with Crippen molar-refractivity contribution in [3.8, 4) is 11.8 Å². The largest absolute Gasteiger partial charge is 0.329 e. The summed E-state index contributed by atoms with van der Waals surface area (Å²) < 4.78 is 1.09. The lowest BCUT2D eigenvalue weighted by Crippen LogP contribution is -2.35. The van der Waals surface area contributed by atoms with E-state index in [-0.39, 0.29) is 12.1 Å². The molecule has 0 radical (unpaired) electrons. The summed E-state index contributed by atoms with van der Waals surface area (Å²) >= 11 is 6.33. The van der Waals surface area contributed by atoms with Crippen molar-refractivity contribution >= 4 is 22.5 Å². The zero-order valence-electron chi connectivity index (χ0n) is 14.6. The van der Waals surface area contributed by atoms with Crippen LogP contribution in [0.3, 0.4) is 0 Å². The minimum absolute atomic E-state index is 0.0236. The molecule has 5 nitrogen and oxygen atoms in total. The summed E-state index contributed by atoms with van der Waals surface area (Å²) in [6.07, 6.45) is 1.58. The molecular weight excluding hydrogens is 374 g/mol. The van der Waals surface area contributed by atoms with Crippen LogP contribution in [-0.2, 0) is 6.54 Å². The maximum absolute atomic E-state index is 12.6. The molecule has 0 saturated heterocycles. The first-order chi connectivity index (χ1) is 13.6. The van der Waals surface area contributed by atoms with E-state index in [4.69, 9.17) is 11.6 Å². The van der Waals surface area contributed by atoms with E-state index in [9.17, 15) is 9.59 Å². The minimum atomic E-state index is -0.505. The van der Waals surface area contributed by atoms with Crippen molar-refractivity contribution in [1.82, 2.24) is 14.5 Å². The molecule has 0 aliphatic carbocycles. The van der Waals surface area contributed by atoms with Gasteiger partial charge in [-0.1, -0.05) is 53.8 Å². The third-order valence-electron chi connectivity index (χ3n) is 4.24. The van der Waals surface area contributed by atoms with E-state index in [1.165, 1.54) is 0 Å². The van der Waals surface area contributed by atoms with Crippen LogP contribution in [0.5, 0.6) is 0 Å². The lowest BCUT2D eigenvalue weighted by atomic mass is 10.2. The number of halogens is 1. The lowest BCUT2D eigenvalue weighted by molar-refractivity contribution is 0.696. The molecule has 0 unspecified atom stereocenters. The minimum Gasteiger partial charge on any atom is -0.307 e. The predicted octanol–water partition coefficient (Wildman–Crippen LogP) is 3.19. The van der Waals surface area contributed by atoms with E-state index >= 15 is 0 Å². The SMILES string of the molecule is O=c1[nH]c2ccccc2c(=O)n1Cc1ncc(C#Cc2ccccc2)cc1Cl. The summed E-state index contributed by atoms with van der Waals surface area (Å²) in [7, 11) is 0. The highest BCUT2D eigenvalue weighted by molar-refractivity contribution is 6.31. The number of para-hydroxylation sites is 1. The number of hydrogen-bond donors (Lipinski definition) is 1. The number of hydrogen-bond acceptors (Lipinski definition) is 3. The Bertz CT molecular complexity index is 1350. The van der Waals surface area contributed by atoms with E-state index in [1.807, 2.05) is 30.3 Å². The molecule has 4 rings (SSSR count). The second-order valence-electron chi connectivity index (χ2n) is 6.14. The number of nitrogens with zero attached hydrogens (tertiary/aromatic N) is 2. The average Bonchev–Trinajstić information content (AvgIpc) is 2.71. The predicted molar refractivity (Wildman–Crippen MR) is 110 cm³/mol. The topological polar surface area (TPSA) is 67.8 Å². The monoisotopic (exact) mass is 387 g/mol. The molecule has 0 spiro atoms. The molecule has 0 aliphatic heterocycles. The number of nitrogens with one attached hydrogen (secondary N) is 1. The normalized spacial score (nSPS) is 10.5. The first-order valence-corrected chi connectivity index (χ1v) is 8.93. The summed E-state index contributed by atoms with van der Waals surface area (Å²) in [6.45, 7) is -0.0236. The Kier molecular flexibility index (Phi) is 4.79. The zero-order chi connectivity index (χ0) is 19.5. The van der Waals surface area contributed by atoms with Gasteiger partial charge in [0.1, 0.15) is 0 Å². The average molecular weight is 388 g/mol. The van der Waals surface area contributed by atoms with E-state index in [2.05, 4.69) is 21.8 Å². The standard InChI is InChI=1S/C22H14ClN3O2/c23-18-12-16(11-10-15-6-2-1-3-7-15)13-24-20(18)14-26-21(27)17-8-4-5-9-19(17)25-22(26)28/h1-9,12-13H,14H2,(H,25,28). The van der Waals surface area contributed by atoms with Crippen LogP contribution >= 0.6 is 11.6 Å². The van der Waals surface area contributed by atoms with Gasteiger partial charge in [0.15, 0.2) is 0 Å². The van der Waals surface area contributed by atoms with Gasteiger partial charge in [0.05, 0.1) is 28.2 Å². The van der Waals surface area contributed by atoms with Crippen molar-refractivity contribution in [3.05, 3.63) is 110 Å². The maximum atomic E-state index is 12.6. The van der Waals surface area contributed by atoms with Gasteiger partial charge >= 0.3 is 5.69 Å². The molecule has 4 aromatic rings. The summed E-state index contributed by atoms with van der Waals surface area (Å²) in [5, 5.41) is 0.780. The van der Waals surface area contributed by atoms with Crippen LogP contribution in [0, 0.1) is 11.8 Å². The molecule has 136 valence electrons. The maximum Gasteiger partial charge on any atom is 0.329 e. The molecule has 0 aliphatic rings. The third kappa shape index (κ3) is 3.59. The Morgan fingerprint density at radius 1 is 0.964 bits per heavy atom. The Balaban J connectivity index is 1.67. The Morgan fingerprint density at radius 3 is 2.46 bits per heavy atom. The van der Waals surface area contributed by atoms with Crippen molar-refractivity contribution in [1.29, 1.82) is 0 Å². The number of pyridine rings is 1. The van der Waals surface area contributed by atoms with Gasteiger partial charge in [0, 0.05) is 17.3 Å². The molecular formula is C22H14ClN3O2. The fourth-order valence-corrected chi connectivity index (χ4v) is 3.04. The van der Waals surface area contributed by atoms with Gasteiger partial charge in [-0.3, -0.25) is 14.3 Å². The summed E-state index contributed by atoms with van der Waals surface area (Å²) in [6, 6.07) is 18.1. The fraction of sp³-hybridized carbons (Fsp3) is 0.0455.